The Morgan fingerprint density at radius 3 is 2.35 bits per heavy atom. The van der Waals surface area contributed by atoms with Gasteiger partial charge in [0.2, 0.25) is 0 Å². The summed E-state index contributed by atoms with van der Waals surface area (Å²) in [4.78, 5) is 12.7. The third-order valence-corrected chi connectivity index (χ3v) is 2.90. The van der Waals surface area contributed by atoms with E-state index in [1.54, 1.807) is 0 Å². The smallest absolute Gasteiger partial charge is 0.331 e. The highest BCUT2D eigenvalue weighted by Crippen LogP contribution is 2.06. The maximum Gasteiger partial charge on any atom is 0.331 e. The molecule has 0 aromatic carbocycles. The predicted molar refractivity (Wildman–Crippen MR) is 64.5 cm³/mol. The van der Waals surface area contributed by atoms with E-state index in [0.29, 0.717) is 19.4 Å². The zero-order chi connectivity index (χ0) is 13.5. The number of hydrogen-bond donors (Lipinski definition) is 2. The Balaban J connectivity index is 4.18. The lowest BCUT2D eigenvalue weighted by molar-refractivity contribution is -0.132. The van der Waals surface area contributed by atoms with Crippen LogP contribution in [0.3, 0.4) is 0 Å². The Morgan fingerprint density at radius 2 is 1.94 bits per heavy atom. The molecule has 0 aromatic rings. The van der Waals surface area contributed by atoms with Crippen LogP contribution in [0.15, 0.2) is 11.6 Å². The second kappa shape index (κ2) is 7.41. The lowest BCUT2D eigenvalue weighted by Crippen LogP contribution is -2.15. The topological polar surface area (TPSA) is 94.9 Å². The zero-order valence-electron chi connectivity index (χ0n) is 10.1. The molecule has 0 aromatic heterocycles. The number of aliphatic carboxylic acids is 1. The van der Waals surface area contributed by atoms with E-state index >= 15 is 0 Å². The Bertz CT molecular complexity index is 372. The molecule has 0 radical (unpaired) electrons. The average molecular weight is 265 g/mol. The molecule has 0 bridgehead atoms. The number of carboxylic acid groups (broad SMARTS) is 1. The van der Waals surface area contributed by atoms with Crippen LogP contribution >= 0.6 is 0 Å². The van der Waals surface area contributed by atoms with Crippen LogP contribution in [0.4, 0.5) is 0 Å². The van der Waals surface area contributed by atoms with Crippen molar-refractivity contribution in [1.29, 1.82) is 0 Å². The normalized spacial score (nSPS) is 13.1. The van der Waals surface area contributed by atoms with Crippen molar-refractivity contribution < 1.29 is 22.9 Å². The first-order valence-corrected chi connectivity index (χ1v) is 6.85. The van der Waals surface area contributed by atoms with Gasteiger partial charge in [-0.3, -0.25) is 4.55 Å². The highest BCUT2D eigenvalue weighted by atomic mass is 32.2. The van der Waals surface area contributed by atoms with E-state index in [-0.39, 0.29) is 17.7 Å². The number of unbranched alkanes of at least 4 members (excludes halogenated alkanes) is 1. The highest BCUT2D eigenvalue weighted by Gasteiger charge is 2.08. The van der Waals surface area contributed by atoms with Crippen molar-refractivity contribution >= 4 is 16.1 Å². The zero-order valence-corrected chi connectivity index (χ0v) is 10.9. The maximum atomic E-state index is 10.8. The fourth-order valence-electron chi connectivity index (χ4n) is 1.18. The Hall–Kier alpha value is -0.920. The summed E-state index contributed by atoms with van der Waals surface area (Å²) < 4.78 is 29.4. The Labute approximate surface area is 102 Å². The monoisotopic (exact) mass is 265 g/mol. The number of allylic oxidation sites excluding steroid dienone is 1. The molecule has 0 rings (SSSR count). The molecule has 17 heavy (non-hydrogen) atoms. The highest BCUT2D eigenvalue weighted by molar-refractivity contribution is 7.85. The average Bonchev–Trinajstić information content (AvgIpc) is 2.13. The van der Waals surface area contributed by atoms with Gasteiger partial charge in [-0.05, 0) is 33.4 Å². The number of hydrogen-bond acceptors (Lipinski definition) is 4. The molecule has 0 aliphatic heterocycles. The number of rotatable bonds is 8. The van der Waals surface area contributed by atoms with Crippen LogP contribution in [0, 0.1) is 0 Å². The molecular weight excluding hydrogens is 246 g/mol. The molecule has 0 heterocycles. The molecule has 0 aliphatic rings. The van der Waals surface area contributed by atoms with E-state index in [1.807, 2.05) is 19.0 Å². The Kier molecular flexibility index (Phi) is 7.01. The van der Waals surface area contributed by atoms with Crippen molar-refractivity contribution in [2.45, 2.75) is 19.3 Å². The van der Waals surface area contributed by atoms with Crippen LogP contribution in [-0.2, 0) is 14.9 Å². The molecule has 2 N–H and O–H groups in total. The van der Waals surface area contributed by atoms with Crippen molar-refractivity contribution in [2.24, 2.45) is 0 Å². The van der Waals surface area contributed by atoms with E-state index in [9.17, 15) is 13.2 Å². The van der Waals surface area contributed by atoms with Gasteiger partial charge in [-0.15, -0.1) is 0 Å². The third-order valence-electron chi connectivity index (χ3n) is 2.10. The second-order valence-corrected chi connectivity index (χ2v) is 5.59. The van der Waals surface area contributed by atoms with Crippen LogP contribution < -0.4 is 0 Å². The molecule has 0 fully saturated rings. The lowest BCUT2D eigenvalue weighted by Gasteiger charge is -2.09. The molecule has 0 aliphatic carbocycles. The summed E-state index contributed by atoms with van der Waals surface area (Å²) >= 11 is 0. The molecular formula is C10H19NO5S. The second-order valence-electron chi connectivity index (χ2n) is 4.02. The van der Waals surface area contributed by atoms with Gasteiger partial charge in [0.25, 0.3) is 10.1 Å². The molecule has 0 unspecified atom stereocenters. The van der Waals surface area contributed by atoms with Crippen molar-refractivity contribution in [2.75, 3.05) is 26.4 Å². The minimum atomic E-state index is -3.95. The van der Waals surface area contributed by atoms with Gasteiger partial charge >= 0.3 is 5.97 Å². The summed E-state index contributed by atoms with van der Waals surface area (Å²) in [6, 6.07) is 0. The van der Waals surface area contributed by atoms with Crippen molar-refractivity contribution in [1.82, 2.24) is 4.90 Å². The predicted octanol–water partition coefficient (Wildman–Crippen LogP) is 0.617. The molecule has 0 saturated carbocycles. The molecule has 0 saturated heterocycles. The van der Waals surface area contributed by atoms with Crippen molar-refractivity contribution in [3.8, 4) is 0 Å². The van der Waals surface area contributed by atoms with Crippen molar-refractivity contribution in [3.05, 3.63) is 11.6 Å². The summed E-state index contributed by atoms with van der Waals surface area (Å²) in [6.45, 7) is 0.621. The molecule has 100 valence electrons. The van der Waals surface area contributed by atoms with Crippen LogP contribution in [0.25, 0.3) is 0 Å². The Morgan fingerprint density at radius 1 is 1.35 bits per heavy atom. The van der Waals surface area contributed by atoms with Gasteiger partial charge in [-0.2, -0.15) is 8.42 Å². The van der Waals surface area contributed by atoms with E-state index in [4.69, 9.17) is 9.66 Å². The van der Waals surface area contributed by atoms with Gasteiger partial charge in [-0.1, -0.05) is 6.08 Å². The number of nitrogens with zero attached hydrogens (tertiary/aromatic N) is 1. The minimum Gasteiger partial charge on any atom is -0.478 e. The summed E-state index contributed by atoms with van der Waals surface area (Å²) in [5.74, 6) is -1.33. The molecule has 7 heteroatoms. The number of carbonyl (C=O) groups is 1. The standard InChI is InChI=1S/C10H19NO5S/c1-11(2)7-6-9(10(12)13)5-3-4-8-17(14,15)16/h5H,3-4,6-8H2,1-2H3,(H,12,13)(H,14,15,16). The molecule has 6 nitrogen and oxygen atoms in total. The van der Waals surface area contributed by atoms with Crippen LogP contribution in [0.2, 0.25) is 0 Å². The van der Waals surface area contributed by atoms with Gasteiger partial charge in [0.15, 0.2) is 0 Å². The van der Waals surface area contributed by atoms with E-state index in [2.05, 4.69) is 0 Å². The van der Waals surface area contributed by atoms with E-state index in [1.165, 1.54) is 6.08 Å². The van der Waals surface area contributed by atoms with Crippen LogP contribution in [0.5, 0.6) is 0 Å². The van der Waals surface area contributed by atoms with Gasteiger partial charge in [0, 0.05) is 12.1 Å². The fraction of sp³-hybridized carbons (Fsp3) is 0.700. The van der Waals surface area contributed by atoms with Gasteiger partial charge in [-0.25, -0.2) is 4.79 Å². The molecule has 0 atom stereocenters. The minimum absolute atomic E-state index is 0.220. The van der Waals surface area contributed by atoms with Gasteiger partial charge in [0.05, 0.1) is 5.75 Å². The summed E-state index contributed by atoms with van der Waals surface area (Å²) in [7, 11) is -0.263. The lowest BCUT2D eigenvalue weighted by atomic mass is 10.1. The van der Waals surface area contributed by atoms with E-state index in [0.717, 1.165) is 0 Å². The van der Waals surface area contributed by atoms with Gasteiger partial charge in [0.1, 0.15) is 0 Å². The third kappa shape index (κ3) is 9.98. The van der Waals surface area contributed by atoms with Crippen LogP contribution in [0.1, 0.15) is 19.3 Å². The first-order chi connectivity index (χ1) is 7.72. The first-order valence-electron chi connectivity index (χ1n) is 5.24. The first kappa shape index (κ1) is 16.1. The number of carboxylic acids is 1. The van der Waals surface area contributed by atoms with Crippen molar-refractivity contribution in [3.63, 3.8) is 0 Å². The molecule has 0 amide bonds. The SMILES string of the molecule is CN(C)CCC(=CCCCS(=O)(=O)O)C(=O)O. The largest absolute Gasteiger partial charge is 0.478 e. The van der Waals surface area contributed by atoms with Gasteiger partial charge < -0.3 is 10.0 Å². The fourth-order valence-corrected chi connectivity index (χ4v) is 1.71. The molecule has 0 spiro atoms. The summed E-state index contributed by atoms with van der Waals surface area (Å²) in [6.07, 6.45) is 2.47. The summed E-state index contributed by atoms with van der Waals surface area (Å²) in [5, 5.41) is 8.89. The van der Waals surface area contributed by atoms with Crippen LogP contribution in [-0.4, -0.2) is 55.3 Å². The maximum absolute atomic E-state index is 10.8. The quantitative estimate of drug-likeness (QED) is 0.379. The summed E-state index contributed by atoms with van der Waals surface area (Å²) in [5.41, 5.74) is 0.272. The van der Waals surface area contributed by atoms with E-state index < -0.39 is 16.1 Å².